The summed E-state index contributed by atoms with van der Waals surface area (Å²) in [6.45, 7) is 2.80. The first kappa shape index (κ1) is 12.5. The number of para-hydroxylation sites is 1. The van der Waals surface area contributed by atoms with Gasteiger partial charge in [0.2, 0.25) is 0 Å². The fourth-order valence-electron chi connectivity index (χ4n) is 3.11. The molecule has 0 unspecified atom stereocenters. The van der Waals surface area contributed by atoms with Gasteiger partial charge in [-0.05, 0) is 18.9 Å². The first-order valence-electron chi connectivity index (χ1n) is 6.89. The van der Waals surface area contributed by atoms with Gasteiger partial charge in [0, 0.05) is 18.0 Å². The van der Waals surface area contributed by atoms with Crippen LogP contribution in [0.3, 0.4) is 0 Å². The van der Waals surface area contributed by atoms with Gasteiger partial charge in [-0.2, -0.15) is 0 Å². The Morgan fingerprint density at radius 1 is 1.47 bits per heavy atom. The molecule has 1 amide bonds. The maximum absolute atomic E-state index is 12.6. The third-order valence-corrected chi connectivity index (χ3v) is 4.23. The highest BCUT2D eigenvalue weighted by Crippen LogP contribution is 2.38. The van der Waals surface area contributed by atoms with E-state index in [1.807, 2.05) is 31.2 Å². The molecule has 0 bridgehead atoms. The molecule has 1 aromatic rings. The quantitative estimate of drug-likeness (QED) is 0.878. The first-order valence-corrected chi connectivity index (χ1v) is 6.89. The number of rotatable bonds is 2. The lowest BCUT2D eigenvalue weighted by Crippen LogP contribution is -2.46. The highest BCUT2D eigenvalue weighted by atomic mass is 16.5. The molecule has 0 aromatic heterocycles. The SMILES string of the molecule is C[C@H]1c2ccccc2O[C@H]1C(=O)N1CCC[C@H]1CO. The monoisotopic (exact) mass is 261 g/mol. The number of likely N-dealkylation sites (tertiary alicyclic amines) is 1. The second-order valence-electron chi connectivity index (χ2n) is 5.38. The van der Waals surface area contributed by atoms with Crippen molar-refractivity contribution in [3.8, 4) is 5.75 Å². The average Bonchev–Trinajstić information content (AvgIpc) is 3.03. The molecule has 4 nitrogen and oxygen atoms in total. The zero-order valence-corrected chi connectivity index (χ0v) is 11.1. The van der Waals surface area contributed by atoms with Crippen LogP contribution in [0.2, 0.25) is 0 Å². The Kier molecular flexibility index (Phi) is 3.19. The molecule has 4 heteroatoms. The molecule has 1 fully saturated rings. The van der Waals surface area contributed by atoms with E-state index in [0.29, 0.717) is 0 Å². The summed E-state index contributed by atoms with van der Waals surface area (Å²) in [4.78, 5) is 14.4. The van der Waals surface area contributed by atoms with Crippen LogP contribution in [0.15, 0.2) is 24.3 Å². The van der Waals surface area contributed by atoms with Gasteiger partial charge in [0.1, 0.15) is 5.75 Å². The predicted octanol–water partition coefficient (Wildman–Crippen LogP) is 1.53. The topological polar surface area (TPSA) is 49.8 Å². The molecule has 3 atom stereocenters. The smallest absolute Gasteiger partial charge is 0.264 e. The van der Waals surface area contributed by atoms with Crippen molar-refractivity contribution >= 4 is 5.91 Å². The van der Waals surface area contributed by atoms with Crippen molar-refractivity contribution in [1.29, 1.82) is 0 Å². The zero-order valence-electron chi connectivity index (χ0n) is 11.1. The van der Waals surface area contributed by atoms with Crippen LogP contribution in [0.1, 0.15) is 31.2 Å². The maximum atomic E-state index is 12.6. The van der Waals surface area contributed by atoms with Crippen molar-refractivity contribution in [3.05, 3.63) is 29.8 Å². The normalized spacial score (nSPS) is 29.2. The molecular formula is C15H19NO3. The molecule has 0 spiro atoms. The van der Waals surface area contributed by atoms with Gasteiger partial charge in [0.15, 0.2) is 6.10 Å². The fraction of sp³-hybridized carbons (Fsp3) is 0.533. The van der Waals surface area contributed by atoms with E-state index in [4.69, 9.17) is 4.74 Å². The van der Waals surface area contributed by atoms with Crippen molar-refractivity contribution in [1.82, 2.24) is 4.90 Å². The maximum Gasteiger partial charge on any atom is 0.264 e. The van der Waals surface area contributed by atoms with Crippen LogP contribution in [0.5, 0.6) is 5.75 Å². The largest absolute Gasteiger partial charge is 0.480 e. The van der Waals surface area contributed by atoms with Gasteiger partial charge >= 0.3 is 0 Å². The summed E-state index contributed by atoms with van der Waals surface area (Å²) in [6, 6.07) is 7.78. The van der Waals surface area contributed by atoms with Gasteiger partial charge in [-0.1, -0.05) is 25.1 Å². The number of aliphatic hydroxyl groups excluding tert-OH is 1. The number of benzene rings is 1. The van der Waals surface area contributed by atoms with Crippen LogP contribution in [0.25, 0.3) is 0 Å². The van der Waals surface area contributed by atoms with Gasteiger partial charge in [-0.3, -0.25) is 4.79 Å². The summed E-state index contributed by atoms with van der Waals surface area (Å²) in [5.41, 5.74) is 1.10. The van der Waals surface area contributed by atoms with Crippen molar-refractivity contribution in [2.24, 2.45) is 0 Å². The van der Waals surface area contributed by atoms with E-state index >= 15 is 0 Å². The molecule has 2 aliphatic heterocycles. The van der Waals surface area contributed by atoms with E-state index in [-0.39, 0.29) is 24.5 Å². The number of hydrogen-bond acceptors (Lipinski definition) is 3. The van der Waals surface area contributed by atoms with E-state index in [1.54, 1.807) is 4.90 Å². The molecular weight excluding hydrogens is 242 g/mol. The Bertz CT molecular complexity index is 488. The second-order valence-corrected chi connectivity index (χ2v) is 5.38. The summed E-state index contributed by atoms with van der Waals surface area (Å²) in [6.07, 6.45) is 1.41. The highest BCUT2D eigenvalue weighted by Gasteiger charge is 2.41. The fourth-order valence-corrected chi connectivity index (χ4v) is 3.11. The number of amides is 1. The Labute approximate surface area is 113 Å². The molecule has 0 aliphatic carbocycles. The van der Waals surface area contributed by atoms with Crippen molar-refractivity contribution in [2.75, 3.05) is 13.2 Å². The lowest BCUT2D eigenvalue weighted by molar-refractivity contribution is -0.140. The lowest BCUT2D eigenvalue weighted by Gasteiger charge is -2.27. The van der Waals surface area contributed by atoms with Crippen LogP contribution < -0.4 is 4.74 Å². The minimum absolute atomic E-state index is 0.0141. The molecule has 0 radical (unpaired) electrons. The predicted molar refractivity (Wildman–Crippen MR) is 71.1 cm³/mol. The molecule has 2 heterocycles. The third kappa shape index (κ3) is 2.00. The van der Waals surface area contributed by atoms with Crippen molar-refractivity contribution < 1.29 is 14.6 Å². The van der Waals surface area contributed by atoms with Crippen molar-refractivity contribution in [3.63, 3.8) is 0 Å². The Balaban J connectivity index is 1.79. The van der Waals surface area contributed by atoms with Crippen LogP contribution in [0, 0.1) is 0 Å². The van der Waals surface area contributed by atoms with E-state index in [1.165, 1.54) is 0 Å². The lowest BCUT2D eigenvalue weighted by atomic mass is 9.96. The molecule has 2 aliphatic rings. The van der Waals surface area contributed by atoms with Gasteiger partial charge in [-0.25, -0.2) is 0 Å². The number of nitrogens with zero attached hydrogens (tertiary/aromatic N) is 1. The van der Waals surface area contributed by atoms with Crippen molar-refractivity contribution in [2.45, 2.75) is 37.8 Å². The third-order valence-electron chi connectivity index (χ3n) is 4.23. The molecule has 1 saturated heterocycles. The number of ether oxygens (including phenoxy) is 1. The number of fused-ring (bicyclic) bond motifs is 1. The summed E-state index contributed by atoms with van der Waals surface area (Å²) in [5.74, 6) is 0.900. The molecule has 19 heavy (non-hydrogen) atoms. The number of carbonyl (C=O) groups is 1. The first-order chi connectivity index (χ1) is 9.22. The Morgan fingerprint density at radius 3 is 3.00 bits per heavy atom. The molecule has 0 saturated carbocycles. The average molecular weight is 261 g/mol. The van der Waals surface area contributed by atoms with Gasteiger partial charge in [0.05, 0.1) is 12.6 Å². The van der Waals surface area contributed by atoms with E-state index < -0.39 is 6.10 Å². The van der Waals surface area contributed by atoms with E-state index in [2.05, 4.69) is 0 Å². The summed E-state index contributed by atoms with van der Waals surface area (Å²) in [7, 11) is 0. The van der Waals surface area contributed by atoms with Gasteiger partial charge in [-0.15, -0.1) is 0 Å². The molecule has 1 aromatic carbocycles. The summed E-state index contributed by atoms with van der Waals surface area (Å²) < 4.78 is 5.81. The van der Waals surface area contributed by atoms with Crippen LogP contribution in [-0.4, -0.2) is 41.2 Å². The minimum atomic E-state index is -0.440. The standard InChI is InChI=1S/C15H19NO3/c1-10-12-6-2-3-7-13(12)19-14(10)15(18)16-8-4-5-11(16)9-17/h2-3,6-7,10-11,14,17H,4-5,8-9H2,1H3/t10-,11-,14+/m0/s1. The second kappa shape index (κ2) is 4.85. The van der Waals surface area contributed by atoms with Gasteiger partial charge < -0.3 is 14.7 Å². The van der Waals surface area contributed by atoms with Crippen LogP contribution in [0.4, 0.5) is 0 Å². The zero-order chi connectivity index (χ0) is 13.4. The van der Waals surface area contributed by atoms with E-state index in [9.17, 15) is 9.90 Å². The minimum Gasteiger partial charge on any atom is -0.480 e. The summed E-state index contributed by atoms with van der Waals surface area (Å²) >= 11 is 0. The Hall–Kier alpha value is -1.55. The van der Waals surface area contributed by atoms with Crippen LogP contribution in [-0.2, 0) is 4.79 Å². The van der Waals surface area contributed by atoms with Gasteiger partial charge in [0.25, 0.3) is 5.91 Å². The highest BCUT2D eigenvalue weighted by molar-refractivity contribution is 5.84. The van der Waals surface area contributed by atoms with E-state index in [0.717, 1.165) is 30.7 Å². The number of hydrogen-bond donors (Lipinski definition) is 1. The number of carbonyl (C=O) groups excluding carboxylic acids is 1. The molecule has 102 valence electrons. The number of aliphatic hydroxyl groups is 1. The molecule has 1 N–H and O–H groups in total. The summed E-state index contributed by atoms with van der Waals surface area (Å²) in [5, 5.41) is 9.33. The Morgan fingerprint density at radius 2 is 2.26 bits per heavy atom. The van der Waals surface area contributed by atoms with Crippen LogP contribution >= 0.6 is 0 Å². The molecule has 3 rings (SSSR count).